The van der Waals surface area contributed by atoms with Crippen molar-refractivity contribution in [2.24, 2.45) is 5.73 Å². The van der Waals surface area contributed by atoms with Crippen LogP contribution in [0, 0.1) is 0 Å². The maximum Gasteiger partial charge on any atom is 0.291 e. The Morgan fingerprint density at radius 1 is 1.52 bits per heavy atom. The van der Waals surface area contributed by atoms with Gasteiger partial charge in [-0.15, -0.1) is 5.10 Å². The van der Waals surface area contributed by atoms with Crippen LogP contribution in [0.5, 0.6) is 0 Å². The van der Waals surface area contributed by atoms with Crippen LogP contribution in [0.1, 0.15) is 33.2 Å². The van der Waals surface area contributed by atoms with Crippen molar-refractivity contribution in [1.82, 2.24) is 20.1 Å². The predicted octanol–water partition coefficient (Wildman–Crippen LogP) is -0.284. The molecule has 9 heteroatoms. The molecule has 0 aliphatic carbocycles. The average Bonchev–Trinajstić information content (AvgIpc) is 3.11. The lowest BCUT2D eigenvalue weighted by molar-refractivity contribution is 0.0936. The zero-order valence-corrected chi connectivity index (χ0v) is 11.1. The van der Waals surface area contributed by atoms with E-state index in [0.29, 0.717) is 11.7 Å². The maximum absolute atomic E-state index is 12.0. The second-order valence-corrected chi connectivity index (χ2v) is 4.61. The van der Waals surface area contributed by atoms with Crippen molar-refractivity contribution in [3.63, 3.8) is 0 Å². The number of furan rings is 1. The summed E-state index contributed by atoms with van der Waals surface area (Å²) < 4.78 is 6.78. The number of carbonyl (C=O) groups excluding carboxylic acids is 2. The van der Waals surface area contributed by atoms with Crippen LogP contribution in [0.25, 0.3) is 0 Å². The maximum atomic E-state index is 12.0. The van der Waals surface area contributed by atoms with Crippen molar-refractivity contribution in [3.8, 4) is 0 Å². The summed E-state index contributed by atoms with van der Waals surface area (Å²) >= 11 is 0. The molecule has 0 aromatic carbocycles. The van der Waals surface area contributed by atoms with Crippen LogP contribution in [0.2, 0.25) is 0 Å². The first-order chi connectivity index (χ1) is 10.1. The molecule has 0 atom stereocenters. The van der Waals surface area contributed by atoms with Gasteiger partial charge in [0.1, 0.15) is 12.0 Å². The summed E-state index contributed by atoms with van der Waals surface area (Å²) in [5, 5.41) is 9.82. The Morgan fingerprint density at radius 3 is 3.10 bits per heavy atom. The van der Waals surface area contributed by atoms with Gasteiger partial charge in [0.05, 0.1) is 12.1 Å². The van der Waals surface area contributed by atoms with Crippen molar-refractivity contribution >= 4 is 17.8 Å². The molecular weight excluding hydrogens is 276 g/mol. The van der Waals surface area contributed by atoms with E-state index in [-0.39, 0.29) is 17.9 Å². The zero-order chi connectivity index (χ0) is 14.8. The van der Waals surface area contributed by atoms with Crippen molar-refractivity contribution in [1.29, 1.82) is 0 Å². The van der Waals surface area contributed by atoms with Gasteiger partial charge in [0, 0.05) is 13.1 Å². The fourth-order valence-corrected chi connectivity index (χ4v) is 2.00. The van der Waals surface area contributed by atoms with Crippen LogP contribution in [-0.2, 0) is 13.1 Å². The number of fused-ring (bicyclic) bond motifs is 1. The van der Waals surface area contributed by atoms with Gasteiger partial charge in [-0.25, -0.2) is 4.68 Å². The minimum atomic E-state index is -0.578. The lowest BCUT2D eigenvalue weighted by Crippen LogP contribution is -2.24. The highest BCUT2D eigenvalue weighted by Crippen LogP contribution is 2.11. The summed E-state index contributed by atoms with van der Waals surface area (Å²) in [6.45, 7) is 1.69. The number of hydrogen-bond donors (Lipinski definition) is 3. The molecule has 0 spiro atoms. The molecule has 4 N–H and O–H groups in total. The molecule has 110 valence electrons. The summed E-state index contributed by atoms with van der Waals surface area (Å²) in [5.41, 5.74) is 5.38. The summed E-state index contributed by atoms with van der Waals surface area (Å²) in [6, 6.07) is 1.48. The molecular formula is C12H14N6O3. The summed E-state index contributed by atoms with van der Waals surface area (Å²) in [4.78, 5) is 27.0. The third-order valence-corrected chi connectivity index (χ3v) is 3.07. The molecule has 0 bridgehead atoms. The van der Waals surface area contributed by atoms with Gasteiger partial charge in [0.2, 0.25) is 11.8 Å². The van der Waals surface area contributed by atoms with Crippen LogP contribution in [0.3, 0.4) is 0 Å². The summed E-state index contributed by atoms with van der Waals surface area (Å²) in [6.07, 6.45) is 2.20. The van der Waals surface area contributed by atoms with E-state index in [4.69, 9.17) is 10.2 Å². The van der Waals surface area contributed by atoms with Gasteiger partial charge in [-0.3, -0.25) is 9.59 Å². The van der Waals surface area contributed by atoms with E-state index < -0.39 is 11.8 Å². The van der Waals surface area contributed by atoms with E-state index in [1.165, 1.54) is 12.3 Å². The fraction of sp³-hybridized carbons (Fsp3) is 0.333. The highest BCUT2D eigenvalue weighted by Gasteiger charge is 2.18. The van der Waals surface area contributed by atoms with Gasteiger partial charge in [0.25, 0.3) is 11.8 Å². The Hall–Kier alpha value is -2.84. The molecule has 3 rings (SSSR count). The Morgan fingerprint density at radius 2 is 2.38 bits per heavy atom. The monoisotopic (exact) mass is 290 g/mol. The van der Waals surface area contributed by atoms with Gasteiger partial charge in [-0.05, 0) is 12.5 Å². The lowest BCUT2D eigenvalue weighted by Gasteiger charge is -2.12. The minimum absolute atomic E-state index is 0.0982. The number of carbonyl (C=O) groups is 2. The molecule has 0 saturated heterocycles. The standard InChI is InChI=1S/C12H14N6O3/c13-9(19)7-4-8(21-6-7)5-15-11(20)10-16-12-14-2-1-3-18(12)17-10/h4,6H,1-3,5H2,(H2,13,19)(H,15,20)(H,14,16,17). The average molecular weight is 290 g/mol. The predicted molar refractivity (Wildman–Crippen MR) is 71.5 cm³/mol. The summed E-state index contributed by atoms with van der Waals surface area (Å²) in [7, 11) is 0. The molecule has 3 heterocycles. The number of anilines is 1. The van der Waals surface area contributed by atoms with E-state index in [2.05, 4.69) is 20.7 Å². The quantitative estimate of drug-likeness (QED) is 0.710. The molecule has 1 aliphatic rings. The third kappa shape index (κ3) is 2.71. The first-order valence-corrected chi connectivity index (χ1v) is 6.47. The molecule has 9 nitrogen and oxygen atoms in total. The lowest BCUT2D eigenvalue weighted by atomic mass is 10.3. The Bertz CT molecular complexity index is 665. The van der Waals surface area contributed by atoms with Gasteiger partial charge in [0.15, 0.2) is 0 Å². The SMILES string of the molecule is NC(=O)c1coc(CNC(=O)c2nc3n(n2)CCCN3)c1. The van der Waals surface area contributed by atoms with Crippen LogP contribution in [0.15, 0.2) is 16.7 Å². The topological polar surface area (TPSA) is 128 Å². The van der Waals surface area contributed by atoms with E-state index in [1.807, 2.05) is 0 Å². The van der Waals surface area contributed by atoms with E-state index >= 15 is 0 Å². The van der Waals surface area contributed by atoms with Gasteiger partial charge in [-0.1, -0.05) is 0 Å². The number of nitrogens with zero attached hydrogens (tertiary/aromatic N) is 3. The van der Waals surface area contributed by atoms with Crippen LogP contribution < -0.4 is 16.4 Å². The van der Waals surface area contributed by atoms with Crippen LogP contribution >= 0.6 is 0 Å². The Kier molecular flexibility index (Phi) is 3.30. The normalized spacial score (nSPS) is 13.3. The highest BCUT2D eigenvalue weighted by molar-refractivity contribution is 5.92. The number of amides is 2. The van der Waals surface area contributed by atoms with Gasteiger partial charge < -0.3 is 20.8 Å². The third-order valence-electron chi connectivity index (χ3n) is 3.07. The molecule has 2 aromatic heterocycles. The van der Waals surface area contributed by atoms with Crippen molar-refractivity contribution in [2.75, 3.05) is 11.9 Å². The molecule has 1 aliphatic heterocycles. The molecule has 0 saturated carbocycles. The molecule has 0 fully saturated rings. The number of aryl methyl sites for hydroxylation is 1. The highest BCUT2D eigenvalue weighted by atomic mass is 16.3. The van der Waals surface area contributed by atoms with Crippen LogP contribution in [-0.4, -0.2) is 33.1 Å². The molecule has 21 heavy (non-hydrogen) atoms. The largest absolute Gasteiger partial charge is 0.467 e. The van der Waals surface area contributed by atoms with Crippen molar-refractivity contribution in [2.45, 2.75) is 19.5 Å². The van der Waals surface area contributed by atoms with E-state index in [1.54, 1.807) is 4.68 Å². The Labute approximate surface area is 119 Å². The van der Waals surface area contributed by atoms with Crippen LogP contribution in [0.4, 0.5) is 5.95 Å². The summed E-state index contributed by atoms with van der Waals surface area (Å²) in [5.74, 6) is 0.141. The van der Waals surface area contributed by atoms with Gasteiger partial charge >= 0.3 is 0 Å². The molecule has 0 unspecified atom stereocenters. The number of primary amides is 1. The number of hydrogen-bond acceptors (Lipinski definition) is 6. The minimum Gasteiger partial charge on any atom is -0.467 e. The van der Waals surface area contributed by atoms with E-state index in [0.717, 1.165) is 19.5 Å². The molecule has 0 radical (unpaired) electrons. The number of nitrogens with one attached hydrogen (secondary N) is 2. The second-order valence-electron chi connectivity index (χ2n) is 4.61. The van der Waals surface area contributed by atoms with E-state index in [9.17, 15) is 9.59 Å². The van der Waals surface area contributed by atoms with Crippen molar-refractivity contribution < 1.29 is 14.0 Å². The molecule has 2 amide bonds. The first-order valence-electron chi connectivity index (χ1n) is 6.47. The smallest absolute Gasteiger partial charge is 0.291 e. The zero-order valence-electron chi connectivity index (χ0n) is 11.1. The second kappa shape index (κ2) is 5.27. The van der Waals surface area contributed by atoms with Crippen molar-refractivity contribution in [3.05, 3.63) is 29.5 Å². The Balaban J connectivity index is 1.63. The number of aromatic nitrogens is 3. The number of nitrogens with two attached hydrogens (primary N) is 1. The first kappa shape index (κ1) is 13.2. The number of rotatable bonds is 4. The fourth-order valence-electron chi connectivity index (χ4n) is 2.00. The molecule has 2 aromatic rings. The van der Waals surface area contributed by atoms with Gasteiger partial charge in [-0.2, -0.15) is 4.98 Å².